The van der Waals surface area contributed by atoms with Gasteiger partial charge in [0.2, 0.25) is 0 Å². The number of fused-ring (bicyclic) bond motifs is 3. The van der Waals surface area contributed by atoms with Crippen molar-refractivity contribution in [1.82, 2.24) is 0 Å². The fourth-order valence-corrected chi connectivity index (χ4v) is 5.16. The molecule has 2 aromatic carbocycles. The highest BCUT2D eigenvalue weighted by Crippen LogP contribution is 2.42. The van der Waals surface area contributed by atoms with E-state index in [1.54, 1.807) is 30.1 Å². The maximum atomic E-state index is 13.1. The molecule has 0 fully saturated rings. The number of amides is 1. The van der Waals surface area contributed by atoms with Gasteiger partial charge in [0, 0.05) is 33.4 Å². The number of nitrogens with zero attached hydrogens (tertiary/aromatic N) is 1. The van der Waals surface area contributed by atoms with Gasteiger partial charge in [-0.25, -0.2) is 0 Å². The Hall–Kier alpha value is -1.53. The van der Waals surface area contributed by atoms with Crippen LogP contribution in [0.1, 0.15) is 15.2 Å². The molecule has 0 saturated heterocycles. The summed E-state index contributed by atoms with van der Waals surface area (Å²) < 4.78 is 6.82. The van der Waals surface area contributed by atoms with Gasteiger partial charge in [0.15, 0.2) is 0 Å². The van der Waals surface area contributed by atoms with Crippen molar-refractivity contribution in [2.45, 2.75) is 6.42 Å². The molecule has 0 radical (unpaired) electrons. The van der Waals surface area contributed by atoms with Gasteiger partial charge in [0.05, 0.1) is 22.2 Å². The van der Waals surface area contributed by atoms with Gasteiger partial charge in [-0.1, -0.05) is 39.1 Å². The van der Waals surface area contributed by atoms with Gasteiger partial charge in [-0.15, -0.1) is 11.3 Å². The number of carbonyl (C=O) groups is 1. The lowest BCUT2D eigenvalue weighted by molar-refractivity contribution is 0.0997. The summed E-state index contributed by atoms with van der Waals surface area (Å²) >= 11 is 17.2. The average Bonchev–Trinajstić information content (AvgIpc) is 2.98. The van der Waals surface area contributed by atoms with E-state index in [0.29, 0.717) is 27.2 Å². The highest BCUT2D eigenvalue weighted by Gasteiger charge is 2.24. The zero-order valence-electron chi connectivity index (χ0n) is 14.3. The third-order valence-electron chi connectivity index (χ3n) is 4.41. The standard InChI is InChI=1S/C20H14BrCl2NO2S/c1-24(16-4-3-13(22)10-15(16)23)20(25)18-8-11-6-7-26-17-5-2-12(21)9-14(17)19(11)27-18/h2-5,8-10H,6-7H2,1H3. The molecular weight excluding hydrogens is 469 g/mol. The quantitative estimate of drug-likeness (QED) is 0.406. The first-order chi connectivity index (χ1) is 12.9. The van der Waals surface area contributed by atoms with Crippen molar-refractivity contribution in [3.63, 3.8) is 0 Å². The Bertz CT molecular complexity index is 1050. The number of hydrogen-bond donors (Lipinski definition) is 0. The van der Waals surface area contributed by atoms with Gasteiger partial charge in [-0.3, -0.25) is 4.79 Å². The summed E-state index contributed by atoms with van der Waals surface area (Å²) in [7, 11) is 1.72. The number of halogens is 3. The van der Waals surface area contributed by atoms with Gasteiger partial charge in [-0.2, -0.15) is 0 Å². The van der Waals surface area contributed by atoms with Crippen LogP contribution in [0.5, 0.6) is 5.75 Å². The van der Waals surface area contributed by atoms with Crippen LogP contribution in [0.15, 0.2) is 46.9 Å². The lowest BCUT2D eigenvalue weighted by atomic mass is 10.1. The maximum absolute atomic E-state index is 13.1. The van der Waals surface area contributed by atoms with Gasteiger partial charge in [0.1, 0.15) is 5.75 Å². The average molecular weight is 483 g/mol. The Morgan fingerprint density at radius 2 is 2.00 bits per heavy atom. The van der Waals surface area contributed by atoms with Crippen LogP contribution in [-0.2, 0) is 6.42 Å². The van der Waals surface area contributed by atoms with Crippen LogP contribution in [0.4, 0.5) is 5.69 Å². The minimum Gasteiger partial charge on any atom is -0.493 e. The molecule has 4 rings (SSSR count). The van der Waals surface area contributed by atoms with E-state index < -0.39 is 0 Å². The Morgan fingerprint density at radius 1 is 1.19 bits per heavy atom. The minimum atomic E-state index is -0.102. The van der Waals surface area contributed by atoms with Crippen LogP contribution < -0.4 is 9.64 Å². The van der Waals surface area contributed by atoms with Crippen LogP contribution in [0.3, 0.4) is 0 Å². The molecule has 1 aliphatic heterocycles. The summed E-state index contributed by atoms with van der Waals surface area (Å²) in [6, 6.07) is 13.0. The molecule has 0 N–H and O–H groups in total. The van der Waals surface area contributed by atoms with Crippen molar-refractivity contribution in [1.29, 1.82) is 0 Å². The molecule has 0 bridgehead atoms. The van der Waals surface area contributed by atoms with Gasteiger partial charge >= 0.3 is 0 Å². The van der Waals surface area contributed by atoms with Gasteiger partial charge in [0.25, 0.3) is 5.91 Å². The highest BCUT2D eigenvalue weighted by atomic mass is 79.9. The SMILES string of the molecule is CN(C(=O)c1cc2c(s1)-c1cc(Br)ccc1OCC2)c1ccc(Cl)cc1Cl. The molecule has 0 atom stereocenters. The number of anilines is 1. The molecule has 138 valence electrons. The highest BCUT2D eigenvalue weighted by molar-refractivity contribution is 9.10. The molecule has 1 aromatic heterocycles. The van der Waals surface area contributed by atoms with Crippen LogP contribution in [-0.4, -0.2) is 19.6 Å². The number of hydrogen-bond acceptors (Lipinski definition) is 3. The van der Waals surface area contributed by atoms with Crippen LogP contribution in [0.25, 0.3) is 10.4 Å². The summed E-state index contributed by atoms with van der Waals surface area (Å²) in [4.78, 5) is 16.4. The first-order valence-corrected chi connectivity index (χ1v) is 10.6. The normalized spacial score (nSPS) is 12.6. The molecule has 1 aliphatic rings. The lowest BCUT2D eigenvalue weighted by Crippen LogP contribution is -2.25. The predicted molar refractivity (Wildman–Crippen MR) is 116 cm³/mol. The molecule has 2 heterocycles. The van der Waals surface area contributed by atoms with Crippen molar-refractivity contribution in [2.75, 3.05) is 18.6 Å². The lowest BCUT2D eigenvalue weighted by Gasteiger charge is -2.18. The molecule has 0 saturated carbocycles. The summed E-state index contributed by atoms with van der Waals surface area (Å²) in [5.41, 5.74) is 2.75. The Morgan fingerprint density at radius 3 is 2.78 bits per heavy atom. The van der Waals surface area contributed by atoms with E-state index in [9.17, 15) is 4.79 Å². The number of rotatable bonds is 2. The van der Waals surface area contributed by atoms with Gasteiger partial charge < -0.3 is 9.64 Å². The number of ether oxygens (including phenoxy) is 1. The molecule has 0 aliphatic carbocycles. The molecule has 0 spiro atoms. The van der Waals surface area contributed by atoms with E-state index in [-0.39, 0.29) is 5.91 Å². The second kappa shape index (κ2) is 7.47. The first-order valence-electron chi connectivity index (χ1n) is 8.22. The third kappa shape index (κ3) is 3.61. The topological polar surface area (TPSA) is 29.5 Å². The van der Waals surface area contributed by atoms with Crippen molar-refractivity contribution in [2.24, 2.45) is 0 Å². The van der Waals surface area contributed by atoms with E-state index in [1.807, 2.05) is 24.3 Å². The predicted octanol–water partition coefficient (Wildman–Crippen LogP) is 6.70. The summed E-state index contributed by atoms with van der Waals surface area (Å²) in [6.07, 6.45) is 0.761. The van der Waals surface area contributed by atoms with E-state index in [0.717, 1.165) is 32.6 Å². The molecule has 0 unspecified atom stereocenters. The van der Waals surface area contributed by atoms with Crippen LogP contribution in [0, 0.1) is 0 Å². The summed E-state index contributed by atoms with van der Waals surface area (Å²) in [5, 5.41) is 0.980. The Labute approximate surface area is 179 Å². The fourth-order valence-electron chi connectivity index (χ4n) is 3.05. The van der Waals surface area contributed by atoms with Crippen LogP contribution >= 0.6 is 50.5 Å². The Kier molecular flexibility index (Phi) is 5.21. The molecule has 27 heavy (non-hydrogen) atoms. The maximum Gasteiger partial charge on any atom is 0.268 e. The molecule has 7 heteroatoms. The smallest absolute Gasteiger partial charge is 0.268 e. The van der Waals surface area contributed by atoms with Crippen molar-refractivity contribution < 1.29 is 9.53 Å². The molecule has 3 nitrogen and oxygen atoms in total. The summed E-state index contributed by atoms with van der Waals surface area (Å²) in [6.45, 7) is 0.588. The minimum absolute atomic E-state index is 0.102. The van der Waals surface area contributed by atoms with Gasteiger partial charge in [-0.05, 0) is 48.0 Å². The van der Waals surface area contributed by atoms with Crippen molar-refractivity contribution >= 4 is 62.1 Å². The molecule has 3 aromatic rings. The van der Waals surface area contributed by atoms with E-state index in [2.05, 4.69) is 15.9 Å². The third-order valence-corrected chi connectivity index (χ3v) is 6.64. The van der Waals surface area contributed by atoms with E-state index in [1.165, 1.54) is 11.3 Å². The molecule has 1 amide bonds. The second-order valence-electron chi connectivity index (χ2n) is 6.16. The van der Waals surface area contributed by atoms with Crippen LogP contribution in [0.2, 0.25) is 10.0 Å². The van der Waals surface area contributed by atoms with Crippen molar-refractivity contribution in [3.05, 3.63) is 67.4 Å². The van der Waals surface area contributed by atoms with Crippen molar-refractivity contribution in [3.8, 4) is 16.2 Å². The zero-order valence-corrected chi connectivity index (χ0v) is 18.2. The largest absolute Gasteiger partial charge is 0.493 e. The first kappa shape index (κ1) is 18.8. The Balaban J connectivity index is 1.73. The molecular formula is C20H14BrCl2NO2S. The fraction of sp³-hybridized carbons (Fsp3) is 0.150. The zero-order chi connectivity index (χ0) is 19.1. The van der Waals surface area contributed by atoms with E-state index in [4.69, 9.17) is 27.9 Å². The summed E-state index contributed by atoms with van der Waals surface area (Å²) in [5.74, 6) is 0.738. The monoisotopic (exact) mass is 481 g/mol. The number of thiophene rings is 1. The number of carbonyl (C=O) groups excluding carboxylic acids is 1. The second-order valence-corrected chi connectivity index (χ2v) is 8.98. The van der Waals surface area contributed by atoms with E-state index >= 15 is 0 Å². The number of benzene rings is 2.